The van der Waals surface area contributed by atoms with Gasteiger partial charge in [-0.25, -0.2) is 9.97 Å². The molecule has 3 aromatic rings. The summed E-state index contributed by atoms with van der Waals surface area (Å²) >= 11 is 0. The zero-order valence-corrected chi connectivity index (χ0v) is 16.2. The summed E-state index contributed by atoms with van der Waals surface area (Å²) in [6.07, 6.45) is 10.2. The molecule has 5 heterocycles. The number of nitrogens with zero attached hydrogens (tertiary/aromatic N) is 6. The van der Waals surface area contributed by atoms with Gasteiger partial charge >= 0.3 is 0 Å². The maximum atomic E-state index is 12.5. The molecule has 1 N–H and O–H groups in total. The molecule has 0 spiro atoms. The molecule has 0 aromatic carbocycles. The van der Waals surface area contributed by atoms with E-state index in [0.717, 1.165) is 55.8 Å². The highest BCUT2D eigenvalue weighted by molar-refractivity contribution is 5.96. The number of piperidine rings is 1. The van der Waals surface area contributed by atoms with Gasteiger partial charge in [-0.2, -0.15) is 5.10 Å². The molecule has 148 valence electrons. The minimum Gasteiger partial charge on any atom is -0.356 e. The molecular formula is C21H23N7O. The van der Waals surface area contributed by atoms with E-state index >= 15 is 0 Å². The third-order valence-corrected chi connectivity index (χ3v) is 5.70. The summed E-state index contributed by atoms with van der Waals surface area (Å²) in [5.74, 6) is 1.95. The topological polar surface area (TPSA) is 88.8 Å². The molecular weight excluding hydrogens is 366 g/mol. The van der Waals surface area contributed by atoms with E-state index in [0.29, 0.717) is 24.0 Å². The van der Waals surface area contributed by atoms with E-state index in [9.17, 15) is 4.79 Å². The Kier molecular flexibility index (Phi) is 4.67. The van der Waals surface area contributed by atoms with E-state index in [4.69, 9.17) is 4.98 Å². The van der Waals surface area contributed by atoms with E-state index in [1.807, 2.05) is 35.3 Å². The largest absolute Gasteiger partial charge is 0.356 e. The molecule has 0 saturated carbocycles. The molecule has 0 aliphatic carbocycles. The Balaban J connectivity index is 1.43. The molecule has 1 saturated heterocycles. The van der Waals surface area contributed by atoms with Gasteiger partial charge in [0.2, 0.25) is 0 Å². The number of pyridine rings is 1. The van der Waals surface area contributed by atoms with Crippen molar-refractivity contribution in [3.05, 3.63) is 54.2 Å². The van der Waals surface area contributed by atoms with E-state index in [1.165, 1.54) is 0 Å². The molecule has 2 aliphatic heterocycles. The molecule has 8 nitrogen and oxygen atoms in total. The van der Waals surface area contributed by atoms with Crippen LogP contribution in [0.25, 0.3) is 11.4 Å². The molecule has 0 bridgehead atoms. The summed E-state index contributed by atoms with van der Waals surface area (Å²) < 4.78 is 2.01. The summed E-state index contributed by atoms with van der Waals surface area (Å²) in [7, 11) is 0. The summed E-state index contributed by atoms with van der Waals surface area (Å²) in [6, 6.07) is 5.75. The molecule has 1 fully saturated rings. The van der Waals surface area contributed by atoms with Crippen LogP contribution in [0.5, 0.6) is 0 Å². The highest BCUT2D eigenvalue weighted by Gasteiger charge is 2.29. The van der Waals surface area contributed by atoms with Crippen molar-refractivity contribution in [1.29, 1.82) is 0 Å². The Morgan fingerprint density at radius 1 is 1.14 bits per heavy atom. The zero-order chi connectivity index (χ0) is 19.6. The molecule has 5 rings (SSSR count). The van der Waals surface area contributed by atoms with Crippen LogP contribution in [0.15, 0.2) is 43.0 Å². The maximum Gasteiger partial charge on any atom is 0.270 e. The van der Waals surface area contributed by atoms with Crippen LogP contribution in [0.4, 0.5) is 5.82 Å². The fourth-order valence-electron chi connectivity index (χ4n) is 4.16. The van der Waals surface area contributed by atoms with Crippen LogP contribution in [0, 0.1) is 5.92 Å². The summed E-state index contributed by atoms with van der Waals surface area (Å²) in [4.78, 5) is 28.5. The molecule has 8 heteroatoms. The van der Waals surface area contributed by atoms with Gasteiger partial charge in [0.05, 0.1) is 0 Å². The Morgan fingerprint density at radius 2 is 2.03 bits per heavy atom. The van der Waals surface area contributed by atoms with E-state index in [2.05, 4.69) is 25.3 Å². The van der Waals surface area contributed by atoms with Gasteiger partial charge in [-0.1, -0.05) is 0 Å². The Labute approximate surface area is 169 Å². The highest BCUT2D eigenvalue weighted by Crippen LogP contribution is 2.30. The van der Waals surface area contributed by atoms with Crippen LogP contribution < -0.4 is 10.2 Å². The van der Waals surface area contributed by atoms with Crippen molar-refractivity contribution in [2.75, 3.05) is 24.5 Å². The highest BCUT2D eigenvalue weighted by atomic mass is 16.1. The summed E-state index contributed by atoms with van der Waals surface area (Å²) in [5.41, 5.74) is 2.29. The van der Waals surface area contributed by atoms with Crippen molar-refractivity contribution in [1.82, 2.24) is 30.0 Å². The first-order chi connectivity index (χ1) is 14.3. The Morgan fingerprint density at radius 3 is 2.79 bits per heavy atom. The predicted octanol–water partition coefficient (Wildman–Crippen LogP) is 1.94. The van der Waals surface area contributed by atoms with Gasteiger partial charge in [-0.15, -0.1) is 0 Å². The van der Waals surface area contributed by atoms with Crippen LogP contribution in [0.3, 0.4) is 0 Å². The van der Waals surface area contributed by atoms with Crippen molar-refractivity contribution >= 4 is 11.7 Å². The minimum atomic E-state index is -0.117. The zero-order valence-electron chi connectivity index (χ0n) is 16.2. The maximum absolute atomic E-state index is 12.5. The van der Waals surface area contributed by atoms with Crippen molar-refractivity contribution in [2.45, 2.75) is 25.8 Å². The lowest BCUT2D eigenvalue weighted by molar-refractivity contribution is 0.0940. The lowest BCUT2D eigenvalue weighted by Crippen LogP contribution is -2.39. The lowest BCUT2D eigenvalue weighted by Gasteiger charge is -2.35. The minimum absolute atomic E-state index is 0.117. The van der Waals surface area contributed by atoms with Crippen LogP contribution in [0.1, 0.15) is 28.9 Å². The van der Waals surface area contributed by atoms with Gasteiger partial charge in [0.1, 0.15) is 11.5 Å². The number of hydrogen-bond acceptors (Lipinski definition) is 6. The second-order valence-corrected chi connectivity index (χ2v) is 7.60. The molecule has 29 heavy (non-hydrogen) atoms. The summed E-state index contributed by atoms with van der Waals surface area (Å²) in [5, 5.41) is 7.24. The Bertz CT molecular complexity index is 995. The number of anilines is 1. The first kappa shape index (κ1) is 17.8. The normalized spacial score (nSPS) is 17.1. The van der Waals surface area contributed by atoms with Gasteiger partial charge < -0.3 is 10.2 Å². The monoisotopic (exact) mass is 389 g/mol. The molecule has 1 amide bonds. The second kappa shape index (κ2) is 7.62. The van der Waals surface area contributed by atoms with E-state index in [-0.39, 0.29) is 5.91 Å². The summed E-state index contributed by atoms with van der Waals surface area (Å²) in [6.45, 7) is 3.42. The fourth-order valence-corrected chi connectivity index (χ4v) is 4.16. The van der Waals surface area contributed by atoms with Gasteiger partial charge in [-0.05, 0) is 43.4 Å². The molecule has 3 aromatic heterocycles. The van der Waals surface area contributed by atoms with Crippen LogP contribution in [-0.2, 0) is 13.0 Å². The van der Waals surface area contributed by atoms with E-state index < -0.39 is 0 Å². The van der Waals surface area contributed by atoms with E-state index in [1.54, 1.807) is 12.4 Å². The number of fused-ring (bicyclic) bond motifs is 1. The van der Waals surface area contributed by atoms with Gasteiger partial charge in [0.15, 0.2) is 5.82 Å². The first-order valence-corrected chi connectivity index (χ1v) is 10.1. The molecule has 0 unspecified atom stereocenters. The third-order valence-electron chi connectivity index (χ3n) is 5.70. The quantitative estimate of drug-likeness (QED) is 0.734. The number of amides is 1. The molecule has 0 atom stereocenters. The lowest BCUT2D eigenvalue weighted by atomic mass is 9.96. The van der Waals surface area contributed by atoms with Crippen molar-refractivity contribution < 1.29 is 4.79 Å². The number of hydrogen-bond donors (Lipinski definition) is 1. The predicted molar refractivity (Wildman–Crippen MR) is 108 cm³/mol. The number of carbonyl (C=O) groups excluding carboxylic acids is 1. The first-order valence-electron chi connectivity index (χ1n) is 10.1. The SMILES string of the molecule is O=C1NCCc2c1nc(-c1cccnc1)nc2N1CCC(Cn2cccn2)CC1. The average molecular weight is 389 g/mol. The van der Waals surface area contributed by atoms with Crippen molar-refractivity contribution in [3.8, 4) is 11.4 Å². The molecule has 0 radical (unpaired) electrons. The third kappa shape index (κ3) is 3.57. The number of aromatic nitrogens is 5. The van der Waals surface area contributed by atoms with Gasteiger partial charge in [0, 0.05) is 62.1 Å². The number of carbonyl (C=O) groups is 1. The van der Waals surface area contributed by atoms with Crippen LogP contribution >= 0.6 is 0 Å². The van der Waals surface area contributed by atoms with Crippen molar-refractivity contribution in [2.24, 2.45) is 5.92 Å². The number of rotatable bonds is 4. The standard InChI is InChI=1S/C21H23N7O/c29-21-18-17(4-9-23-21)20(26-19(25-18)16-3-1-7-22-13-16)27-11-5-15(6-12-27)14-28-10-2-8-24-28/h1-3,7-8,10,13,15H,4-6,9,11-12,14H2,(H,23,29). The smallest absolute Gasteiger partial charge is 0.270 e. The average Bonchev–Trinajstić information content (AvgIpc) is 3.28. The van der Waals surface area contributed by atoms with Gasteiger partial charge in [0.25, 0.3) is 5.91 Å². The molecule has 2 aliphatic rings. The van der Waals surface area contributed by atoms with Crippen LogP contribution in [0.2, 0.25) is 0 Å². The van der Waals surface area contributed by atoms with Crippen LogP contribution in [-0.4, -0.2) is 50.3 Å². The fraction of sp³-hybridized carbons (Fsp3) is 0.381. The van der Waals surface area contributed by atoms with Gasteiger partial charge in [-0.3, -0.25) is 14.5 Å². The second-order valence-electron chi connectivity index (χ2n) is 7.60. The van der Waals surface area contributed by atoms with Crippen molar-refractivity contribution in [3.63, 3.8) is 0 Å². The Hall–Kier alpha value is -3.29. The number of nitrogens with one attached hydrogen (secondary N) is 1.